The highest BCUT2D eigenvalue weighted by Crippen LogP contribution is 2.25. The van der Waals surface area contributed by atoms with E-state index in [4.69, 9.17) is 0 Å². The smallest absolute Gasteiger partial charge is 0.0992 e. The third-order valence-corrected chi connectivity index (χ3v) is 3.51. The first kappa shape index (κ1) is 13.6. The molecule has 0 spiro atoms. The van der Waals surface area contributed by atoms with E-state index in [1.165, 1.54) is 18.4 Å². The largest absolute Gasteiger partial charge is 0.384 e. The Hall–Kier alpha value is -0.860. The van der Waals surface area contributed by atoms with Crippen molar-refractivity contribution in [2.45, 2.75) is 51.7 Å². The number of aliphatic hydroxyl groups is 1. The van der Waals surface area contributed by atoms with E-state index in [1.54, 1.807) is 0 Å². The van der Waals surface area contributed by atoms with Gasteiger partial charge < -0.3 is 10.4 Å². The Morgan fingerprint density at radius 3 is 2.72 bits per heavy atom. The molecule has 0 saturated heterocycles. The highest BCUT2D eigenvalue weighted by atomic mass is 16.3. The Morgan fingerprint density at radius 2 is 2.11 bits per heavy atom. The van der Waals surface area contributed by atoms with E-state index in [9.17, 15) is 5.11 Å². The van der Waals surface area contributed by atoms with Crippen LogP contribution in [0, 0.1) is 5.92 Å². The maximum atomic E-state index is 10.6. The van der Waals surface area contributed by atoms with Crippen molar-refractivity contribution in [1.82, 2.24) is 5.32 Å². The summed E-state index contributed by atoms with van der Waals surface area (Å²) in [4.78, 5) is 0. The fourth-order valence-electron chi connectivity index (χ4n) is 2.24. The summed E-state index contributed by atoms with van der Waals surface area (Å²) >= 11 is 0. The summed E-state index contributed by atoms with van der Waals surface area (Å²) < 4.78 is 0. The van der Waals surface area contributed by atoms with Crippen LogP contribution in [0.25, 0.3) is 0 Å². The van der Waals surface area contributed by atoms with Gasteiger partial charge in [-0.15, -0.1) is 0 Å². The molecule has 1 fully saturated rings. The van der Waals surface area contributed by atoms with Gasteiger partial charge in [-0.05, 0) is 43.2 Å². The molecule has 0 heterocycles. The van der Waals surface area contributed by atoms with Crippen molar-refractivity contribution in [2.24, 2.45) is 5.92 Å². The Labute approximate surface area is 110 Å². The standard InChI is InChI=1S/C16H25NO/c1-12(2)9-13-5-4-6-14(10-13)16(3,18)11-17-15-7-8-15/h4-6,10,12,15,17-18H,7-9,11H2,1-3H3. The van der Waals surface area contributed by atoms with Crippen LogP contribution in [0.4, 0.5) is 0 Å². The lowest BCUT2D eigenvalue weighted by Gasteiger charge is -2.25. The SMILES string of the molecule is CC(C)Cc1cccc(C(C)(O)CNC2CC2)c1. The Morgan fingerprint density at radius 1 is 1.39 bits per heavy atom. The van der Waals surface area contributed by atoms with Gasteiger partial charge in [0.1, 0.15) is 0 Å². The van der Waals surface area contributed by atoms with Crippen LogP contribution in [0.1, 0.15) is 44.7 Å². The molecule has 100 valence electrons. The Bertz CT molecular complexity index is 394. The molecule has 0 aromatic heterocycles. The Balaban J connectivity index is 2.04. The van der Waals surface area contributed by atoms with Crippen LogP contribution < -0.4 is 5.32 Å². The van der Waals surface area contributed by atoms with Crippen molar-refractivity contribution in [1.29, 1.82) is 0 Å². The van der Waals surface area contributed by atoms with Gasteiger partial charge >= 0.3 is 0 Å². The van der Waals surface area contributed by atoms with E-state index in [1.807, 2.05) is 13.0 Å². The maximum Gasteiger partial charge on any atom is 0.0992 e. The molecule has 1 aliphatic carbocycles. The number of nitrogens with one attached hydrogen (secondary N) is 1. The topological polar surface area (TPSA) is 32.3 Å². The predicted molar refractivity (Wildman–Crippen MR) is 75.6 cm³/mol. The molecule has 0 aliphatic heterocycles. The zero-order valence-corrected chi connectivity index (χ0v) is 11.7. The summed E-state index contributed by atoms with van der Waals surface area (Å²) in [6.45, 7) is 6.98. The van der Waals surface area contributed by atoms with Crippen LogP contribution in [-0.4, -0.2) is 17.7 Å². The van der Waals surface area contributed by atoms with Gasteiger partial charge in [-0.25, -0.2) is 0 Å². The van der Waals surface area contributed by atoms with Gasteiger partial charge in [0.2, 0.25) is 0 Å². The highest BCUT2D eigenvalue weighted by molar-refractivity contribution is 5.28. The van der Waals surface area contributed by atoms with E-state index >= 15 is 0 Å². The molecule has 0 bridgehead atoms. The number of rotatable bonds is 6. The fraction of sp³-hybridized carbons (Fsp3) is 0.625. The molecule has 1 aliphatic rings. The lowest BCUT2D eigenvalue weighted by atomic mass is 9.92. The number of hydrogen-bond acceptors (Lipinski definition) is 2. The van der Waals surface area contributed by atoms with E-state index in [0.717, 1.165) is 12.0 Å². The van der Waals surface area contributed by atoms with E-state index in [-0.39, 0.29) is 0 Å². The minimum atomic E-state index is -0.768. The molecule has 1 saturated carbocycles. The second-order valence-corrected chi connectivity index (χ2v) is 6.23. The Kier molecular flexibility index (Phi) is 4.08. The zero-order valence-electron chi connectivity index (χ0n) is 11.7. The van der Waals surface area contributed by atoms with E-state index < -0.39 is 5.60 Å². The molecule has 0 radical (unpaired) electrons. The normalized spacial score (nSPS) is 18.9. The summed E-state index contributed by atoms with van der Waals surface area (Å²) in [5, 5.41) is 14.0. The minimum Gasteiger partial charge on any atom is -0.384 e. The minimum absolute atomic E-state index is 0.635. The van der Waals surface area contributed by atoms with Gasteiger partial charge in [0.15, 0.2) is 0 Å². The lowest BCUT2D eigenvalue weighted by Crippen LogP contribution is -2.36. The van der Waals surface area contributed by atoms with Gasteiger partial charge in [-0.1, -0.05) is 38.1 Å². The zero-order chi connectivity index (χ0) is 13.2. The van der Waals surface area contributed by atoms with Crippen LogP contribution in [0.15, 0.2) is 24.3 Å². The quantitative estimate of drug-likeness (QED) is 0.810. The maximum absolute atomic E-state index is 10.6. The average molecular weight is 247 g/mol. The molecule has 1 atom stereocenters. The van der Waals surface area contributed by atoms with Crippen molar-refractivity contribution in [2.75, 3.05) is 6.54 Å². The van der Waals surface area contributed by atoms with Gasteiger partial charge in [-0.2, -0.15) is 0 Å². The molecule has 2 nitrogen and oxygen atoms in total. The molecule has 0 amide bonds. The van der Waals surface area contributed by atoms with Crippen molar-refractivity contribution in [3.8, 4) is 0 Å². The first-order chi connectivity index (χ1) is 8.47. The van der Waals surface area contributed by atoms with E-state index in [2.05, 4.69) is 37.4 Å². The number of hydrogen-bond donors (Lipinski definition) is 2. The molecule has 2 rings (SSSR count). The van der Waals surface area contributed by atoms with Gasteiger partial charge in [0.25, 0.3) is 0 Å². The lowest BCUT2D eigenvalue weighted by molar-refractivity contribution is 0.0565. The van der Waals surface area contributed by atoms with Crippen LogP contribution in [0.2, 0.25) is 0 Å². The predicted octanol–water partition coefficient (Wildman–Crippen LogP) is 2.84. The van der Waals surface area contributed by atoms with Gasteiger partial charge in [0.05, 0.1) is 5.60 Å². The molecule has 2 heteroatoms. The highest BCUT2D eigenvalue weighted by Gasteiger charge is 2.28. The van der Waals surface area contributed by atoms with Crippen LogP contribution in [0.5, 0.6) is 0 Å². The second kappa shape index (κ2) is 5.41. The summed E-state index contributed by atoms with van der Waals surface area (Å²) in [5.41, 5.74) is 1.57. The third kappa shape index (κ3) is 3.82. The molecular formula is C16H25NO. The summed E-state index contributed by atoms with van der Waals surface area (Å²) in [6.07, 6.45) is 3.58. The molecular weight excluding hydrogens is 222 g/mol. The monoisotopic (exact) mass is 247 g/mol. The average Bonchev–Trinajstić information content (AvgIpc) is 3.10. The third-order valence-electron chi connectivity index (χ3n) is 3.51. The van der Waals surface area contributed by atoms with Crippen molar-refractivity contribution in [3.63, 3.8) is 0 Å². The summed E-state index contributed by atoms with van der Waals surface area (Å²) in [6, 6.07) is 9.01. The van der Waals surface area contributed by atoms with Crippen molar-refractivity contribution < 1.29 is 5.11 Å². The summed E-state index contributed by atoms with van der Waals surface area (Å²) in [7, 11) is 0. The fourth-order valence-corrected chi connectivity index (χ4v) is 2.24. The number of benzene rings is 1. The van der Waals surface area contributed by atoms with Crippen molar-refractivity contribution in [3.05, 3.63) is 35.4 Å². The van der Waals surface area contributed by atoms with Gasteiger partial charge in [-0.3, -0.25) is 0 Å². The first-order valence-corrected chi connectivity index (χ1v) is 7.02. The molecule has 2 N–H and O–H groups in total. The van der Waals surface area contributed by atoms with Crippen LogP contribution >= 0.6 is 0 Å². The van der Waals surface area contributed by atoms with Crippen LogP contribution in [-0.2, 0) is 12.0 Å². The molecule has 1 aromatic carbocycles. The first-order valence-electron chi connectivity index (χ1n) is 7.02. The van der Waals surface area contributed by atoms with Crippen molar-refractivity contribution >= 4 is 0 Å². The molecule has 1 aromatic rings. The summed E-state index contributed by atoms with van der Waals surface area (Å²) in [5.74, 6) is 0.648. The molecule has 1 unspecified atom stereocenters. The van der Waals surface area contributed by atoms with Crippen LogP contribution in [0.3, 0.4) is 0 Å². The second-order valence-electron chi connectivity index (χ2n) is 6.23. The van der Waals surface area contributed by atoms with E-state index in [0.29, 0.717) is 18.5 Å². The molecule has 18 heavy (non-hydrogen) atoms. The van der Waals surface area contributed by atoms with Gasteiger partial charge in [0, 0.05) is 12.6 Å².